The highest BCUT2D eigenvalue weighted by atomic mass is 16.5. The summed E-state index contributed by atoms with van der Waals surface area (Å²) in [5.41, 5.74) is 6.42. The Hall–Kier alpha value is -2.84. The predicted molar refractivity (Wildman–Crippen MR) is 140 cm³/mol. The van der Waals surface area contributed by atoms with Crippen LogP contribution in [0.5, 0.6) is 5.75 Å². The molecule has 1 saturated heterocycles. The molecule has 0 amide bonds. The molecular formula is C31H37NO. The standard InChI is InChI=1S/C31H37NO/c1-4-25-20-21-32(22-25)24(3)23-33-29-18-16-28(17-19-29)31(27-14-10-7-11-15-27)30(5-2)26-12-8-6-9-13-26/h6-19,24-25H,4-5,20-23H2,1-3H3/b31-30+/t24-,25+/m1/s1. The molecule has 0 radical (unpaired) electrons. The molecular weight excluding hydrogens is 402 g/mol. The average molecular weight is 440 g/mol. The van der Waals surface area contributed by atoms with E-state index in [2.05, 4.69) is 111 Å². The number of hydrogen-bond acceptors (Lipinski definition) is 2. The monoisotopic (exact) mass is 439 g/mol. The van der Waals surface area contributed by atoms with E-state index >= 15 is 0 Å². The summed E-state index contributed by atoms with van der Waals surface area (Å²) in [7, 11) is 0. The lowest BCUT2D eigenvalue weighted by Crippen LogP contribution is -2.35. The van der Waals surface area contributed by atoms with Gasteiger partial charge in [-0.15, -0.1) is 0 Å². The van der Waals surface area contributed by atoms with Crippen molar-refractivity contribution < 1.29 is 4.74 Å². The molecule has 2 nitrogen and oxygen atoms in total. The Morgan fingerprint density at radius 3 is 2.03 bits per heavy atom. The summed E-state index contributed by atoms with van der Waals surface area (Å²) in [6.07, 6.45) is 3.58. The summed E-state index contributed by atoms with van der Waals surface area (Å²) < 4.78 is 6.20. The largest absolute Gasteiger partial charge is 0.492 e. The highest BCUT2D eigenvalue weighted by molar-refractivity contribution is 5.98. The third-order valence-electron chi connectivity index (χ3n) is 6.99. The minimum Gasteiger partial charge on any atom is -0.492 e. The van der Waals surface area contributed by atoms with E-state index < -0.39 is 0 Å². The molecule has 3 aromatic carbocycles. The Balaban J connectivity index is 1.55. The van der Waals surface area contributed by atoms with Crippen LogP contribution in [-0.4, -0.2) is 30.6 Å². The van der Waals surface area contributed by atoms with Crippen LogP contribution in [0.1, 0.15) is 56.7 Å². The quantitative estimate of drug-likeness (QED) is 0.319. The minimum absolute atomic E-state index is 0.450. The Labute approximate surface area is 199 Å². The first-order chi connectivity index (χ1) is 16.2. The van der Waals surface area contributed by atoms with E-state index in [0.29, 0.717) is 6.04 Å². The van der Waals surface area contributed by atoms with Crippen LogP contribution in [0.15, 0.2) is 84.9 Å². The SMILES string of the molecule is CC/C(=C(/c1ccccc1)c1ccc(OC[C@@H](C)N2CC[C@H](CC)C2)cc1)c1ccccc1. The molecule has 172 valence electrons. The zero-order chi connectivity index (χ0) is 23.0. The number of nitrogens with zero attached hydrogens (tertiary/aromatic N) is 1. The van der Waals surface area contributed by atoms with Crippen molar-refractivity contribution in [1.29, 1.82) is 0 Å². The molecule has 1 aliphatic heterocycles. The lowest BCUT2D eigenvalue weighted by molar-refractivity contribution is 0.168. The maximum Gasteiger partial charge on any atom is 0.119 e. The van der Waals surface area contributed by atoms with Gasteiger partial charge in [0.2, 0.25) is 0 Å². The lowest BCUT2D eigenvalue weighted by Gasteiger charge is -2.24. The summed E-state index contributed by atoms with van der Waals surface area (Å²) in [6, 6.07) is 30.6. The van der Waals surface area contributed by atoms with Gasteiger partial charge in [-0.3, -0.25) is 4.90 Å². The van der Waals surface area contributed by atoms with Crippen LogP contribution in [0.2, 0.25) is 0 Å². The molecule has 0 bridgehead atoms. The van der Waals surface area contributed by atoms with Gasteiger partial charge in [0.25, 0.3) is 0 Å². The van der Waals surface area contributed by atoms with Gasteiger partial charge in [-0.1, -0.05) is 93.1 Å². The van der Waals surface area contributed by atoms with Crippen LogP contribution in [0, 0.1) is 5.92 Å². The molecule has 1 heterocycles. The van der Waals surface area contributed by atoms with Crippen molar-refractivity contribution in [3.05, 3.63) is 102 Å². The van der Waals surface area contributed by atoms with Gasteiger partial charge < -0.3 is 4.74 Å². The van der Waals surface area contributed by atoms with E-state index in [9.17, 15) is 0 Å². The first kappa shape index (κ1) is 23.3. The van der Waals surface area contributed by atoms with Gasteiger partial charge in [-0.25, -0.2) is 0 Å². The van der Waals surface area contributed by atoms with Gasteiger partial charge in [0.1, 0.15) is 12.4 Å². The molecule has 0 aromatic heterocycles. The molecule has 2 atom stereocenters. The van der Waals surface area contributed by atoms with Gasteiger partial charge >= 0.3 is 0 Å². The molecule has 1 aliphatic rings. The maximum atomic E-state index is 6.20. The fourth-order valence-corrected chi connectivity index (χ4v) is 4.92. The van der Waals surface area contributed by atoms with E-state index in [4.69, 9.17) is 4.74 Å². The molecule has 2 heteroatoms. The van der Waals surface area contributed by atoms with Gasteiger partial charge in [-0.2, -0.15) is 0 Å². The lowest BCUT2D eigenvalue weighted by atomic mass is 9.88. The summed E-state index contributed by atoms with van der Waals surface area (Å²) in [5, 5.41) is 0. The summed E-state index contributed by atoms with van der Waals surface area (Å²) >= 11 is 0. The number of ether oxygens (including phenoxy) is 1. The highest BCUT2D eigenvalue weighted by Gasteiger charge is 2.25. The average Bonchev–Trinajstić information content (AvgIpc) is 3.37. The van der Waals surface area contributed by atoms with E-state index in [1.54, 1.807) is 0 Å². The van der Waals surface area contributed by atoms with Gasteiger partial charge in [0.15, 0.2) is 0 Å². The van der Waals surface area contributed by atoms with Crippen molar-refractivity contribution in [2.24, 2.45) is 5.92 Å². The second-order valence-electron chi connectivity index (χ2n) is 9.18. The first-order valence-corrected chi connectivity index (χ1v) is 12.5. The first-order valence-electron chi connectivity index (χ1n) is 12.5. The van der Waals surface area contributed by atoms with Crippen molar-refractivity contribution in [2.45, 2.75) is 46.1 Å². The molecule has 33 heavy (non-hydrogen) atoms. The molecule has 1 fully saturated rings. The molecule has 3 aromatic rings. The fraction of sp³-hybridized carbons (Fsp3) is 0.355. The molecule has 0 spiro atoms. The van der Waals surface area contributed by atoms with Crippen LogP contribution in [0.25, 0.3) is 11.1 Å². The van der Waals surface area contributed by atoms with Gasteiger partial charge in [-0.05, 0) is 72.2 Å². The van der Waals surface area contributed by atoms with Crippen molar-refractivity contribution in [3.63, 3.8) is 0 Å². The fourth-order valence-electron chi connectivity index (χ4n) is 4.92. The molecule has 4 rings (SSSR count). The van der Waals surface area contributed by atoms with Crippen molar-refractivity contribution >= 4 is 11.1 Å². The second kappa shape index (κ2) is 11.3. The van der Waals surface area contributed by atoms with Crippen LogP contribution in [0.4, 0.5) is 0 Å². The zero-order valence-corrected chi connectivity index (χ0v) is 20.3. The van der Waals surface area contributed by atoms with Crippen molar-refractivity contribution in [2.75, 3.05) is 19.7 Å². The van der Waals surface area contributed by atoms with Crippen LogP contribution >= 0.6 is 0 Å². The summed E-state index contributed by atoms with van der Waals surface area (Å²) in [5.74, 6) is 1.80. The van der Waals surface area contributed by atoms with Crippen LogP contribution in [0.3, 0.4) is 0 Å². The maximum absolute atomic E-state index is 6.20. The number of hydrogen-bond donors (Lipinski definition) is 0. The van der Waals surface area contributed by atoms with E-state index in [1.807, 2.05) is 0 Å². The topological polar surface area (TPSA) is 12.5 Å². The highest BCUT2D eigenvalue weighted by Crippen LogP contribution is 2.35. The Bertz CT molecular complexity index is 1020. The summed E-state index contributed by atoms with van der Waals surface area (Å²) in [6.45, 7) is 9.98. The van der Waals surface area contributed by atoms with Gasteiger partial charge in [0, 0.05) is 12.6 Å². The Morgan fingerprint density at radius 2 is 1.45 bits per heavy atom. The minimum atomic E-state index is 0.450. The van der Waals surface area contributed by atoms with Crippen LogP contribution in [-0.2, 0) is 0 Å². The van der Waals surface area contributed by atoms with E-state index in [1.165, 1.54) is 53.8 Å². The second-order valence-corrected chi connectivity index (χ2v) is 9.18. The smallest absolute Gasteiger partial charge is 0.119 e. The predicted octanol–water partition coefficient (Wildman–Crippen LogP) is 7.55. The van der Waals surface area contributed by atoms with Gasteiger partial charge in [0.05, 0.1) is 0 Å². The van der Waals surface area contributed by atoms with Crippen LogP contribution < -0.4 is 4.74 Å². The van der Waals surface area contributed by atoms with Crippen molar-refractivity contribution in [3.8, 4) is 5.75 Å². The molecule has 0 aliphatic carbocycles. The number of benzene rings is 3. The third-order valence-corrected chi connectivity index (χ3v) is 6.99. The number of allylic oxidation sites excluding steroid dienone is 1. The Morgan fingerprint density at radius 1 is 0.848 bits per heavy atom. The third kappa shape index (κ3) is 5.75. The normalized spacial score (nSPS) is 18.1. The van der Waals surface area contributed by atoms with E-state index in [-0.39, 0.29) is 0 Å². The van der Waals surface area contributed by atoms with E-state index in [0.717, 1.165) is 24.7 Å². The van der Waals surface area contributed by atoms with Crippen molar-refractivity contribution in [1.82, 2.24) is 4.90 Å². The summed E-state index contributed by atoms with van der Waals surface area (Å²) in [4.78, 5) is 2.58. The zero-order valence-electron chi connectivity index (χ0n) is 20.3. The Kier molecular flexibility index (Phi) is 8.01. The molecule has 0 unspecified atom stereocenters. The molecule has 0 saturated carbocycles. The number of likely N-dealkylation sites (tertiary alicyclic amines) is 1. The molecule has 0 N–H and O–H groups in total. The number of rotatable bonds is 9.